The van der Waals surface area contributed by atoms with Gasteiger partial charge < -0.3 is 10.4 Å². The maximum Gasteiger partial charge on any atom is 0.336 e. The van der Waals surface area contributed by atoms with Crippen molar-refractivity contribution in [2.45, 2.75) is 31.7 Å². The molecule has 0 bridgehead atoms. The molecule has 3 nitrogen and oxygen atoms in total. The molecule has 0 heterocycles. The molecule has 0 unspecified atom stereocenters. The van der Waals surface area contributed by atoms with E-state index < -0.39 is 11.8 Å². The second-order valence-electron chi connectivity index (χ2n) is 4.22. The van der Waals surface area contributed by atoms with Crippen LogP contribution in [0.3, 0.4) is 0 Å². The molecular weight excluding hydrogens is 289 g/mol. The van der Waals surface area contributed by atoms with Gasteiger partial charge in [-0.25, -0.2) is 9.18 Å². The molecule has 0 spiro atoms. The van der Waals surface area contributed by atoms with Crippen LogP contribution in [0.25, 0.3) is 0 Å². The molecule has 1 fully saturated rings. The first kappa shape index (κ1) is 12.4. The van der Waals surface area contributed by atoms with E-state index in [2.05, 4.69) is 21.2 Å². The average Bonchev–Trinajstić information content (AvgIpc) is 2.77. The molecule has 1 aliphatic rings. The molecule has 92 valence electrons. The molecule has 0 aromatic heterocycles. The standard InChI is InChI=1S/C12H13BrFNO2/c13-10-8(12(16)17)5-6-9(11(10)14)15-7-3-1-2-4-7/h5-7,15H,1-4H2,(H,16,17). The first-order valence-electron chi connectivity index (χ1n) is 5.57. The number of halogens is 2. The third-order valence-corrected chi connectivity index (χ3v) is 3.80. The van der Waals surface area contributed by atoms with Gasteiger partial charge in [0.1, 0.15) is 0 Å². The van der Waals surface area contributed by atoms with Crippen LogP contribution in [0.15, 0.2) is 16.6 Å². The SMILES string of the molecule is O=C(O)c1ccc(NC2CCCC2)c(F)c1Br. The van der Waals surface area contributed by atoms with Crippen LogP contribution in [0, 0.1) is 5.82 Å². The summed E-state index contributed by atoms with van der Waals surface area (Å²) in [4.78, 5) is 10.8. The van der Waals surface area contributed by atoms with Crippen molar-refractivity contribution in [2.75, 3.05) is 5.32 Å². The topological polar surface area (TPSA) is 49.3 Å². The number of hydrogen-bond donors (Lipinski definition) is 2. The van der Waals surface area contributed by atoms with E-state index in [0.29, 0.717) is 11.7 Å². The van der Waals surface area contributed by atoms with Gasteiger partial charge in [-0.05, 0) is 40.9 Å². The molecule has 0 atom stereocenters. The molecule has 0 saturated heterocycles. The lowest BCUT2D eigenvalue weighted by atomic mass is 10.1. The Morgan fingerprint density at radius 3 is 2.65 bits per heavy atom. The molecule has 0 aliphatic heterocycles. The van der Waals surface area contributed by atoms with E-state index in [-0.39, 0.29) is 10.0 Å². The number of aromatic carboxylic acids is 1. The van der Waals surface area contributed by atoms with E-state index >= 15 is 0 Å². The van der Waals surface area contributed by atoms with Gasteiger partial charge in [0.05, 0.1) is 15.7 Å². The van der Waals surface area contributed by atoms with Crippen molar-refractivity contribution < 1.29 is 14.3 Å². The highest BCUT2D eigenvalue weighted by atomic mass is 79.9. The Morgan fingerprint density at radius 2 is 2.06 bits per heavy atom. The fourth-order valence-electron chi connectivity index (χ4n) is 2.12. The minimum atomic E-state index is -1.14. The van der Waals surface area contributed by atoms with Gasteiger partial charge >= 0.3 is 5.97 Å². The van der Waals surface area contributed by atoms with E-state index in [1.54, 1.807) is 0 Å². The summed E-state index contributed by atoms with van der Waals surface area (Å²) in [5.41, 5.74) is 0.313. The zero-order valence-electron chi connectivity index (χ0n) is 9.17. The van der Waals surface area contributed by atoms with Crippen LogP contribution < -0.4 is 5.32 Å². The Kier molecular flexibility index (Phi) is 3.66. The van der Waals surface area contributed by atoms with Gasteiger partial charge in [-0.15, -0.1) is 0 Å². The molecule has 17 heavy (non-hydrogen) atoms. The average molecular weight is 302 g/mol. The highest BCUT2D eigenvalue weighted by Crippen LogP contribution is 2.29. The molecule has 1 aromatic rings. The second-order valence-corrected chi connectivity index (χ2v) is 5.01. The van der Waals surface area contributed by atoms with Gasteiger partial charge in [0.25, 0.3) is 0 Å². The predicted octanol–water partition coefficient (Wildman–Crippen LogP) is 3.64. The van der Waals surface area contributed by atoms with Gasteiger partial charge in [0.2, 0.25) is 0 Å². The number of anilines is 1. The van der Waals surface area contributed by atoms with Crippen molar-refractivity contribution >= 4 is 27.6 Å². The van der Waals surface area contributed by atoms with E-state index in [1.807, 2.05) is 0 Å². The van der Waals surface area contributed by atoms with Gasteiger partial charge in [-0.3, -0.25) is 0 Å². The summed E-state index contributed by atoms with van der Waals surface area (Å²) >= 11 is 2.99. The third-order valence-electron chi connectivity index (χ3n) is 3.03. The lowest BCUT2D eigenvalue weighted by molar-refractivity contribution is 0.0695. The summed E-state index contributed by atoms with van der Waals surface area (Å²) in [7, 11) is 0. The van der Waals surface area contributed by atoms with Crippen molar-refractivity contribution in [2.24, 2.45) is 0 Å². The zero-order chi connectivity index (χ0) is 12.4. The number of carboxylic acid groups (broad SMARTS) is 1. The number of rotatable bonds is 3. The minimum Gasteiger partial charge on any atom is -0.478 e. The van der Waals surface area contributed by atoms with Gasteiger partial charge in [0.15, 0.2) is 5.82 Å². The lowest BCUT2D eigenvalue weighted by Gasteiger charge is -2.15. The van der Waals surface area contributed by atoms with Gasteiger partial charge in [0, 0.05) is 6.04 Å². The van der Waals surface area contributed by atoms with Crippen molar-refractivity contribution in [3.05, 3.63) is 28.0 Å². The Hall–Kier alpha value is -1.10. The Morgan fingerprint density at radius 1 is 1.41 bits per heavy atom. The molecule has 1 aliphatic carbocycles. The molecule has 5 heteroatoms. The lowest BCUT2D eigenvalue weighted by Crippen LogP contribution is -2.16. The van der Waals surface area contributed by atoms with E-state index in [9.17, 15) is 9.18 Å². The summed E-state index contributed by atoms with van der Waals surface area (Å²) in [5.74, 6) is -1.67. The van der Waals surface area contributed by atoms with E-state index in [4.69, 9.17) is 5.11 Å². The van der Waals surface area contributed by atoms with Crippen LogP contribution in [0.1, 0.15) is 36.0 Å². The molecule has 0 radical (unpaired) electrons. The van der Waals surface area contributed by atoms with Gasteiger partial charge in [-0.2, -0.15) is 0 Å². The van der Waals surface area contributed by atoms with Crippen molar-refractivity contribution in [1.82, 2.24) is 0 Å². The number of nitrogens with one attached hydrogen (secondary N) is 1. The fraction of sp³-hybridized carbons (Fsp3) is 0.417. The molecule has 0 amide bonds. The van der Waals surface area contributed by atoms with Crippen molar-refractivity contribution in [3.63, 3.8) is 0 Å². The smallest absolute Gasteiger partial charge is 0.336 e. The fourth-order valence-corrected chi connectivity index (χ4v) is 2.63. The number of hydrogen-bond acceptors (Lipinski definition) is 2. The molecule has 1 saturated carbocycles. The normalized spacial score (nSPS) is 16.1. The van der Waals surface area contributed by atoms with Crippen molar-refractivity contribution in [3.8, 4) is 0 Å². The quantitative estimate of drug-likeness (QED) is 0.896. The van der Waals surface area contributed by atoms with Crippen LogP contribution >= 0.6 is 15.9 Å². The highest BCUT2D eigenvalue weighted by Gasteiger charge is 2.19. The Bertz CT molecular complexity index is 444. The molecular formula is C12H13BrFNO2. The zero-order valence-corrected chi connectivity index (χ0v) is 10.8. The molecule has 1 aromatic carbocycles. The highest BCUT2D eigenvalue weighted by molar-refractivity contribution is 9.10. The first-order valence-corrected chi connectivity index (χ1v) is 6.36. The molecule has 2 rings (SSSR count). The summed E-state index contributed by atoms with van der Waals surface area (Å²) < 4.78 is 13.9. The second kappa shape index (κ2) is 5.04. The van der Waals surface area contributed by atoms with Crippen LogP contribution in [0.5, 0.6) is 0 Å². The Balaban J connectivity index is 2.23. The summed E-state index contributed by atoms with van der Waals surface area (Å²) in [6.07, 6.45) is 4.40. The first-order chi connectivity index (χ1) is 8.09. The summed E-state index contributed by atoms with van der Waals surface area (Å²) in [5, 5.41) is 12.0. The largest absolute Gasteiger partial charge is 0.478 e. The molecule has 2 N–H and O–H groups in total. The Labute approximate surface area is 107 Å². The maximum absolute atomic E-state index is 13.9. The van der Waals surface area contributed by atoms with Crippen LogP contribution in [-0.2, 0) is 0 Å². The minimum absolute atomic E-state index is 0.00740. The summed E-state index contributed by atoms with van der Waals surface area (Å²) in [6.45, 7) is 0. The van der Waals surface area contributed by atoms with E-state index in [0.717, 1.165) is 25.7 Å². The number of carbonyl (C=O) groups is 1. The monoisotopic (exact) mass is 301 g/mol. The maximum atomic E-state index is 13.9. The van der Waals surface area contributed by atoms with Crippen molar-refractivity contribution in [1.29, 1.82) is 0 Å². The number of benzene rings is 1. The van der Waals surface area contributed by atoms with Gasteiger partial charge in [-0.1, -0.05) is 12.8 Å². The predicted molar refractivity (Wildman–Crippen MR) is 66.9 cm³/mol. The van der Waals surface area contributed by atoms with Crippen LogP contribution in [0.4, 0.5) is 10.1 Å². The number of carboxylic acids is 1. The van der Waals surface area contributed by atoms with Crippen LogP contribution in [0.2, 0.25) is 0 Å². The third kappa shape index (κ3) is 2.60. The van der Waals surface area contributed by atoms with E-state index in [1.165, 1.54) is 12.1 Å². The van der Waals surface area contributed by atoms with Crippen LogP contribution in [-0.4, -0.2) is 17.1 Å². The summed E-state index contributed by atoms with van der Waals surface area (Å²) in [6, 6.07) is 3.20.